The Balaban J connectivity index is 2.15. The Morgan fingerprint density at radius 3 is 2.71 bits per heavy atom. The van der Waals surface area contributed by atoms with Gasteiger partial charge < -0.3 is 0 Å². The zero-order valence-corrected chi connectivity index (χ0v) is 12.3. The van der Waals surface area contributed by atoms with Crippen LogP contribution in [0, 0.1) is 0 Å². The molecule has 0 amide bonds. The van der Waals surface area contributed by atoms with Crippen LogP contribution in [0.2, 0.25) is 0 Å². The van der Waals surface area contributed by atoms with Gasteiger partial charge in [0.1, 0.15) is 4.83 Å². The standard InChI is InChI=1S/C13H12N4O3S/c1-15-8(5-10(18)16(2)13(15)20)6-17-7-14-11-9(12(17)19)3-4-21-11/h3-5,7H,6H2,1-2H3. The fourth-order valence-electron chi connectivity index (χ4n) is 2.11. The maximum atomic E-state index is 12.3. The fraction of sp³-hybridized carbons (Fsp3) is 0.231. The van der Waals surface area contributed by atoms with E-state index in [4.69, 9.17) is 0 Å². The smallest absolute Gasteiger partial charge is 0.299 e. The van der Waals surface area contributed by atoms with Gasteiger partial charge in [-0.05, 0) is 11.4 Å². The highest BCUT2D eigenvalue weighted by Gasteiger charge is 2.09. The molecule has 3 aromatic rings. The zero-order chi connectivity index (χ0) is 15.1. The molecule has 0 unspecified atom stereocenters. The van der Waals surface area contributed by atoms with E-state index < -0.39 is 11.2 Å². The molecule has 0 aliphatic rings. The Morgan fingerprint density at radius 1 is 1.19 bits per heavy atom. The predicted molar refractivity (Wildman–Crippen MR) is 79.9 cm³/mol. The quantitative estimate of drug-likeness (QED) is 0.662. The lowest BCUT2D eigenvalue weighted by molar-refractivity contribution is 0.616. The summed E-state index contributed by atoms with van der Waals surface area (Å²) in [6.07, 6.45) is 1.43. The lowest BCUT2D eigenvalue weighted by Crippen LogP contribution is -2.39. The predicted octanol–water partition coefficient (Wildman–Crippen LogP) is -0.0963. The summed E-state index contributed by atoms with van der Waals surface area (Å²) in [5.41, 5.74) is -0.545. The van der Waals surface area contributed by atoms with Gasteiger partial charge in [0.25, 0.3) is 11.1 Å². The molecule has 3 aromatic heterocycles. The second kappa shape index (κ2) is 4.81. The molecular weight excluding hydrogens is 292 g/mol. The Bertz CT molecular complexity index is 1010. The second-order valence-electron chi connectivity index (χ2n) is 4.69. The molecular formula is C13H12N4O3S. The molecule has 8 heteroatoms. The van der Waals surface area contributed by atoms with Crippen LogP contribution in [0.5, 0.6) is 0 Å². The molecule has 7 nitrogen and oxygen atoms in total. The van der Waals surface area contributed by atoms with E-state index in [1.165, 1.54) is 39.9 Å². The number of thiophene rings is 1. The molecule has 3 rings (SSSR count). The summed E-state index contributed by atoms with van der Waals surface area (Å²) in [5.74, 6) is 0. The average molecular weight is 304 g/mol. The summed E-state index contributed by atoms with van der Waals surface area (Å²) < 4.78 is 3.77. The molecule has 108 valence electrons. The van der Waals surface area contributed by atoms with E-state index in [2.05, 4.69) is 4.98 Å². The molecule has 0 aromatic carbocycles. The van der Waals surface area contributed by atoms with Gasteiger partial charge >= 0.3 is 5.69 Å². The van der Waals surface area contributed by atoms with Crippen molar-refractivity contribution in [1.82, 2.24) is 18.7 Å². The molecule has 0 N–H and O–H groups in total. The summed E-state index contributed by atoms with van der Waals surface area (Å²) >= 11 is 1.39. The van der Waals surface area contributed by atoms with Crippen LogP contribution in [0.25, 0.3) is 10.2 Å². The van der Waals surface area contributed by atoms with E-state index in [1.54, 1.807) is 18.5 Å². The Labute approximate surface area is 122 Å². The summed E-state index contributed by atoms with van der Waals surface area (Å²) in [7, 11) is 2.98. The lowest BCUT2D eigenvalue weighted by Gasteiger charge is -2.10. The zero-order valence-electron chi connectivity index (χ0n) is 11.4. The first kappa shape index (κ1) is 13.5. The van der Waals surface area contributed by atoms with E-state index in [9.17, 15) is 14.4 Å². The third-order valence-corrected chi connectivity index (χ3v) is 4.23. The molecule has 0 fully saturated rings. The molecule has 0 aliphatic heterocycles. The summed E-state index contributed by atoms with van der Waals surface area (Å²) in [6, 6.07) is 3.07. The van der Waals surface area contributed by atoms with Gasteiger partial charge in [-0.25, -0.2) is 9.78 Å². The monoisotopic (exact) mass is 304 g/mol. The van der Waals surface area contributed by atoms with Crippen LogP contribution in [0.1, 0.15) is 5.69 Å². The lowest BCUT2D eigenvalue weighted by atomic mass is 10.3. The van der Waals surface area contributed by atoms with Crippen LogP contribution in [-0.4, -0.2) is 18.7 Å². The van der Waals surface area contributed by atoms with Crippen molar-refractivity contribution < 1.29 is 0 Å². The van der Waals surface area contributed by atoms with Crippen LogP contribution < -0.4 is 16.8 Å². The van der Waals surface area contributed by atoms with Crippen LogP contribution in [0.3, 0.4) is 0 Å². The van der Waals surface area contributed by atoms with Crippen molar-refractivity contribution in [1.29, 1.82) is 0 Å². The SMILES string of the molecule is Cn1c(Cn2cnc3sccc3c2=O)cc(=O)n(C)c1=O. The summed E-state index contributed by atoms with van der Waals surface area (Å²) in [5, 5.41) is 2.34. The largest absolute Gasteiger partial charge is 0.330 e. The molecule has 0 saturated carbocycles. The first-order valence-electron chi connectivity index (χ1n) is 6.17. The number of hydrogen-bond donors (Lipinski definition) is 0. The van der Waals surface area contributed by atoms with Gasteiger partial charge in [0, 0.05) is 25.9 Å². The highest BCUT2D eigenvalue weighted by Crippen LogP contribution is 2.13. The van der Waals surface area contributed by atoms with Gasteiger partial charge in [0.2, 0.25) is 0 Å². The van der Waals surface area contributed by atoms with Crippen molar-refractivity contribution in [2.24, 2.45) is 14.1 Å². The summed E-state index contributed by atoms with van der Waals surface area (Å²) in [4.78, 5) is 40.8. The number of fused-ring (bicyclic) bond motifs is 1. The van der Waals surface area contributed by atoms with Crippen molar-refractivity contribution >= 4 is 21.6 Å². The van der Waals surface area contributed by atoms with Crippen molar-refractivity contribution in [2.75, 3.05) is 0 Å². The van der Waals surface area contributed by atoms with E-state index in [0.29, 0.717) is 15.9 Å². The maximum Gasteiger partial charge on any atom is 0.330 e. The van der Waals surface area contributed by atoms with E-state index >= 15 is 0 Å². The Kier molecular flexibility index (Phi) is 3.09. The number of rotatable bonds is 2. The minimum Gasteiger partial charge on any atom is -0.299 e. The molecule has 0 radical (unpaired) electrons. The van der Waals surface area contributed by atoms with Gasteiger partial charge in [-0.15, -0.1) is 11.3 Å². The maximum absolute atomic E-state index is 12.3. The van der Waals surface area contributed by atoms with Gasteiger partial charge in [-0.3, -0.25) is 23.3 Å². The molecule has 0 atom stereocenters. The number of nitrogens with zero attached hydrogens (tertiary/aromatic N) is 4. The molecule has 0 spiro atoms. The topological polar surface area (TPSA) is 78.9 Å². The van der Waals surface area contributed by atoms with Crippen molar-refractivity contribution in [3.63, 3.8) is 0 Å². The normalized spacial score (nSPS) is 11.1. The van der Waals surface area contributed by atoms with Gasteiger partial charge in [-0.2, -0.15) is 0 Å². The first-order valence-corrected chi connectivity index (χ1v) is 7.05. The molecule has 21 heavy (non-hydrogen) atoms. The number of aromatic nitrogens is 4. The van der Waals surface area contributed by atoms with Crippen LogP contribution >= 0.6 is 11.3 Å². The van der Waals surface area contributed by atoms with E-state index in [0.717, 1.165) is 4.57 Å². The number of hydrogen-bond acceptors (Lipinski definition) is 5. The average Bonchev–Trinajstić information content (AvgIpc) is 2.94. The Hall–Kier alpha value is -2.48. The van der Waals surface area contributed by atoms with Crippen molar-refractivity contribution in [2.45, 2.75) is 6.54 Å². The first-order chi connectivity index (χ1) is 9.99. The highest BCUT2D eigenvalue weighted by atomic mass is 32.1. The second-order valence-corrected chi connectivity index (χ2v) is 5.59. The van der Waals surface area contributed by atoms with Gasteiger partial charge in [-0.1, -0.05) is 0 Å². The van der Waals surface area contributed by atoms with Crippen LogP contribution in [-0.2, 0) is 20.6 Å². The van der Waals surface area contributed by atoms with Gasteiger partial charge in [0.15, 0.2) is 0 Å². The minimum atomic E-state index is -0.421. The Morgan fingerprint density at radius 2 is 1.95 bits per heavy atom. The third kappa shape index (κ3) is 2.13. The highest BCUT2D eigenvalue weighted by molar-refractivity contribution is 7.16. The van der Waals surface area contributed by atoms with E-state index in [-0.39, 0.29) is 12.1 Å². The fourth-order valence-corrected chi connectivity index (χ4v) is 2.83. The van der Waals surface area contributed by atoms with E-state index in [1.807, 2.05) is 0 Å². The molecule has 0 saturated heterocycles. The third-order valence-electron chi connectivity index (χ3n) is 3.41. The summed E-state index contributed by atoms with van der Waals surface area (Å²) in [6.45, 7) is 0.124. The van der Waals surface area contributed by atoms with Gasteiger partial charge in [0.05, 0.1) is 18.3 Å². The van der Waals surface area contributed by atoms with Crippen LogP contribution in [0.4, 0.5) is 0 Å². The van der Waals surface area contributed by atoms with Crippen LogP contribution in [0.15, 0.2) is 38.2 Å². The minimum absolute atomic E-state index is 0.124. The van der Waals surface area contributed by atoms with Crippen molar-refractivity contribution in [3.05, 3.63) is 60.7 Å². The molecule has 0 bridgehead atoms. The molecule has 0 aliphatic carbocycles. The van der Waals surface area contributed by atoms with Crippen molar-refractivity contribution in [3.8, 4) is 0 Å². The molecule has 3 heterocycles.